The van der Waals surface area contributed by atoms with Gasteiger partial charge in [0.2, 0.25) is 6.29 Å². The summed E-state index contributed by atoms with van der Waals surface area (Å²) in [6.07, 6.45) is -0.547. The number of hydrogen-bond donors (Lipinski definition) is 0. The Morgan fingerprint density at radius 1 is 1.12 bits per heavy atom. The highest BCUT2D eigenvalue weighted by molar-refractivity contribution is 5.89. The highest BCUT2D eigenvalue weighted by Crippen LogP contribution is 2.47. The Hall–Kier alpha value is -1.64. The zero-order valence-electron chi connectivity index (χ0n) is 14.2. The molecule has 3 rings (SSSR count). The van der Waals surface area contributed by atoms with Crippen molar-refractivity contribution in [3.8, 4) is 0 Å². The third-order valence-corrected chi connectivity index (χ3v) is 3.97. The molecule has 0 unspecified atom stereocenters. The predicted molar refractivity (Wildman–Crippen MR) is 78.5 cm³/mol. The lowest BCUT2D eigenvalue weighted by atomic mass is 10.00. The molecule has 8 nitrogen and oxygen atoms in total. The van der Waals surface area contributed by atoms with Crippen molar-refractivity contribution in [1.29, 1.82) is 0 Å². The van der Waals surface area contributed by atoms with Crippen molar-refractivity contribution in [1.82, 2.24) is 0 Å². The van der Waals surface area contributed by atoms with Crippen molar-refractivity contribution in [2.75, 3.05) is 13.2 Å². The fraction of sp³-hybridized carbons (Fsp3) is 0.750. The third-order valence-electron chi connectivity index (χ3n) is 3.97. The molecule has 0 aromatic rings. The lowest BCUT2D eigenvalue weighted by molar-refractivity contribution is -0.195. The smallest absolute Gasteiger partial charge is 0.343 e. The first kappa shape index (κ1) is 17.2. The molecule has 134 valence electrons. The Balaban J connectivity index is 1.82. The van der Waals surface area contributed by atoms with Gasteiger partial charge in [0.25, 0.3) is 0 Å². The van der Waals surface area contributed by atoms with E-state index >= 15 is 0 Å². The van der Waals surface area contributed by atoms with Gasteiger partial charge in [0.15, 0.2) is 17.5 Å². The van der Waals surface area contributed by atoms with E-state index < -0.39 is 41.8 Å². The van der Waals surface area contributed by atoms with Crippen molar-refractivity contribution in [2.45, 2.75) is 64.0 Å². The van der Waals surface area contributed by atoms with Crippen LogP contribution >= 0.6 is 0 Å². The highest BCUT2D eigenvalue weighted by Gasteiger charge is 2.61. The number of rotatable bonds is 5. The van der Waals surface area contributed by atoms with Crippen molar-refractivity contribution in [3.05, 3.63) is 11.8 Å². The van der Waals surface area contributed by atoms with Gasteiger partial charge in [0.05, 0.1) is 19.6 Å². The molecule has 0 aliphatic carbocycles. The molecular formula is C16H22O8. The average Bonchev–Trinajstić information content (AvgIpc) is 3.05. The lowest BCUT2D eigenvalue weighted by Crippen LogP contribution is -2.45. The van der Waals surface area contributed by atoms with Gasteiger partial charge in [-0.15, -0.1) is 0 Å². The SMILES string of the molecule is CCOC(=O)C[C@]1(C(=O)OCC)C=C2O[C@@H]3OC(C)(C)O[C@@H]3[C@@H]2O1. The molecule has 8 heteroatoms. The van der Waals surface area contributed by atoms with E-state index in [2.05, 4.69) is 0 Å². The van der Waals surface area contributed by atoms with Crippen LogP contribution in [-0.2, 0) is 38.0 Å². The summed E-state index contributed by atoms with van der Waals surface area (Å²) < 4.78 is 33.1. The summed E-state index contributed by atoms with van der Waals surface area (Å²) >= 11 is 0. The van der Waals surface area contributed by atoms with Gasteiger partial charge in [-0.2, -0.15) is 0 Å². The topological polar surface area (TPSA) is 89.5 Å². The molecule has 3 aliphatic rings. The molecular weight excluding hydrogens is 320 g/mol. The van der Waals surface area contributed by atoms with Gasteiger partial charge in [-0.1, -0.05) is 0 Å². The summed E-state index contributed by atoms with van der Waals surface area (Å²) in [5, 5.41) is 0. The van der Waals surface area contributed by atoms with Crippen LogP contribution in [-0.4, -0.2) is 55.0 Å². The van der Waals surface area contributed by atoms with E-state index in [0.717, 1.165) is 0 Å². The van der Waals surface area contributed by atoms with Crippen LogP contribution < -0.4 is 0 Å². The molecule has 0 spiro atoms. The van der Waals surface area contributed by atoms with Crippen LogP contribution in [0.3, 0.4) is 0 Å². The second-order valence-electron chi connectivity index (χ2n) is 6.26. The molecule has 0 bridgehead atoms. The quantitative estimate of drug-likeness (QED) is 0.685. The minimum Gasteiger partial charge on any atom is -0.466 e. The van der Waals surface area contributed by atoms with Crippen LogP contribution in [0.2, 0.25) is 0 Å². The molecule has 0 aromatic carbocycles. The van der Waals surface area contributed by atoms with Crippen molar-refractivity contribution >= 4 is 11.9 Å². The maximum atomic E-state index is 12.4. The van der Waals surface area contributed by atoms with Crippen LogP contribution in [0.15, 0.2) is 11.8 Å². The summed E-state index contributed by atoms with van der Waals surface area (Å²) in [6.45, 7) is 7.29. The molecule has 3 heterocycles. The minimum absolute atomic E-state index is 0.167. The highest BCUT2D eigenvalue weighted by atomic mass is 16.8. The predicted octanol–water partition coefficient (Wildman–Crippen LogP) is 1.03. The number of hydrogen-bond acceptors (Lipinski definition) is 8. The normalized spacial score (nSPS) is 35.7. The number of fused-ring (bicyclic) bond motifs is 3. The fourth-order valence-corrected chi connectivity index (χ4v) is 3.10. The van der Waals surface area contributed by atoms with E-state index in [1.54, 1.807) is 27.7 Å². The summed E-state index contributed by atoms with van der Waals surface area (Å²) in [4.78, 5) is 24.4. The Morgan fingerprint density at radius 3 is 2.50 bits per heavy atom. The van der Waals surface area contributed by atoms with Crippen molar-refractivity contribution in [3.63, 3.8) is 0 Å². The first-order chi connectivity index (χ1) is 11.3. The fourth-order valence-electron chi connectivity index (χ4n) is 3.10. The summed E-state index contributed by atoms with van der Waals surface area (Å²) in [5.41, 5.74) is -1.57. The second kappa shape index (κ2) is 6.02. The first-order valence-corrected chi connectivity index (χ1v) is 8.06. The van der Waals surface area contributed by atoms with Crippen LogP contribution in [0, 0.1) is 0 Å². The monoisotopic (exact) mass is 342 g/mol. The Labute approximate surface area is 140 Å². The van der Waals surface area contributed by atoms with Crippen LogP contribution in [0.1, 0.15) is 34.1 Å². The molecule has 0 N–H and O–H groups in total. The molecule has 0 aromatic heterocycles. The van der Waals surface area contributed by atoms with Gasteiger partial charge in [0.1, 0.15) is 11.9 Å². The van der Waals surface area contributed by atoms with E-state index in [4.69, 9.17) is 28.4 Å². The van der Waals surface area contributed by atoms with Crippen LogP contribution in [0.4, 0.5) is 0 Å². The largest absolute Gasteiger partial charge is 0.466 e. The summed E-state index contributed by atoms with van der Waals surface area (Å²) in [7, 11) is 0. The minimum atomic E-state index is -1.57. The maximum absolute atomic E-state index is 12.4. The standard InChI is InChI=1S/C16H22O8/c1-5-19-10(17)8-16(14(18)20-6-2)7-9-11(23-16)12-13(21-9)24-15(3,4)22-12/h7,11-13H,5-6,8H2,1-4H3/t11-,12-,13-,16+/m1/s1. The number of ether oxygens (including phenoxy) is 6. The van der Waals surface area contributed by atoms with E-state index in [0.29, 0.717) is 5.76 Å². The van der Waals surface area contributed by atoms with Gasteiger partial charge >= 0.3 is 11.9 Å². The van der Waals surface area contributed by atoms with Gasteiger partial charge in [-0.25, -0.2) is 4.79 Å². The number of carbonyl (C=O) groups excluding carboxylic acids is 2. The molecule has 0 saturated carbocycles. The van der Waals surface area contributed by atoms with E-state index in [1.165, 1.54) is 6.08 Å². The maximum Gasteiger partial charge on any atom is 0.343 e. The van der Waals surface area contributed by atoms with Gasteiger partial charge in [-0.3, -0.25) is 4.79 Å². The van der Waals surface area contributed by atoms with Crippen molar-refractivity contribution in [2.24, 2.45) is 0 Å². The zero-order chi connectivity index (χ0) is 17.5. The van der Waals surface area contributed by atoms with Crippen molar-refractivity contribution < 1.29 is 38.0 Å². The number of esters is 2. The molecule has 2 fully saturated rings. The summed E-state index contributed by atoms with van der Waals surface area (Å²) in [6, 6.07) is 0. The van der Waals surface area contributed by atoms with Gasteiger partial charge in [-0.05, 0) is 27.7 Å². The Kier molecular flexibility index (Phi) is 4.31. The molecule has 2 saturated heterocycles. The Morgan fingerprint density at radius 2 is 1.83 bits per heavy atom. The van der Waals surface area contributed by atoms with Gasteiger partial charge < -0.3 is 28.4 Å². The Bertz CT molecular complexity index is 568. The van der Waals surface area contributed by atoms with E-state index in [1.807, 2.05) is 0 Å². The molecule has 0 amide bonds. The third kappa shape index (κ3) is 2.89. The molecule has 0 radical (unpaired) electrons. The van der Waals surface area contributed by atoms with E-state index in [-0.39, 0.29) is 19.6 Å². The van der Waals surface area contributed by atoms with E-state index in [9.17, 15) is 9.59 Å². The number of carbonyl (C=O) groups is 2. The second-order valence-corrected chi connectivity index (χ2v) is 6.26. The lowest BCUT2D eigenvalue weighted by Gasteiger charge is -2.26. The summed E-state index contributed by atoms with van der Waals surface area (Å²) in [5.74, 6) is -1.60. The first-order valence-electron chi connectivity index (χ1n) is 8.06. The zero-order valence-corrected chi connectivity index (χ0v) is 14.2. The molecule has 4 atom stereocenters. The molecule has 24 heavy (non-hydrogen) atoms. The van der Waals surface area contributed by atoms with Gasteiger partial charge in [0, 0.05) is 6.08 Å². The average molecular weight is 342 g/mol. The van der Waals surface area contributed by atoms with Crippen LogP contribution in [0.5, 0.6) is 0 Å². The van der Waals surface area contributed by atoms with Crippen LogP contribution in [0.25, 0.3) is 0 Å². The molecule has 3 aliphatic heterocycles.